The first-order valence-electron chi connectivity index (χ1n) is 8.02. The lowest BCUT2D eigenvalue weighted by Crippen LogP contribution is -2.11. The molecule has 122 valence electrons. The van der Waals surface area contributed by atoms with Gasteiger partial charge in [0.2, 0.25) is 5.91 Å². The van der Waals surface area contributed by atoms with E-state index in [9.17, 15) is 9.59 Å². The molecule has 0 aliphatic heterocycles. The highest BCUT2D eigenvalue weighted by Gasteiger charge is 2.23. The van der Waals surface area contributed by atoms with Crippen LogP contribution in [0.1, 0.15) is 53.6 Å². The van der Waals surface area contributed by atoms with Gasteiger partial charge in [-0.2, -0.15) is 0 Å². The van der Waals surface area contributed by atoms with Crippen LogP contribution in [0.2, 0.25) is 0 Å². The first-order chi connectivity index (χ1) is 10.9. The van der Waals surface area contributed by atoms with Gasteiger partial charge in [-0.15, -0.1) is 6.58 Å². The lowest BCUT2D eigenvalue weighted by atomic mass is 9.96. The van der Waals surface area contributed by atoms with E-state index in [0.717, 1.165) is 35.0 Å². The van der Waals surface area contributed by atoms with E-state index in [1.54, 1.807) is 18.2 Å². The van der Waals surface area contributed by atoms with Gasteiger partial charge in [-0.1, -0.05) is 39.3 Å². The Labute approximate surface area is 137 Å². The molecular formula is C19H24N2O2. The molecule has 0 bridgehead atoms. The maximum absolute atomic E-state index is 12.8. The summed E-state index contributed by atoms with van der Waals surface area (Å²) in [6.07, 6.45) is 3.55. The number of aromatic nitrogens is 1. The number of primary amides is 1. The molecule has 0 aliphatic rings. The topological polar surface area (TPSA) is 65.1 Å². The van der Waals surface area contributed by atoms with Crippen molar-refractivity contribution in [3.8, 4) is 0 Å². The second kappa shape index (κ2) is 6.82. The molecule has 1 aromatic carbocycles. The van der Waals surface area contributed by atoms with Crippen molar-refractivity contribution in [3.05, 3.63) is 47.7 Å². The Morgan fingerprint density at radius 3 is 2.57 bits per heavy atom. The highest BCUT2D eigenvalue weighted by molar-refractivity contribution is 6.11. The van der Waals surface area contributed by atoms with Gasteiger partial charge in [0.05, 0.1) is 5.52 Å². The van der Waals surface area contributed by atoms with Crippen LogP contribution in [0.25, 0.3) is 10.9 Å². The third-order valence-corrected chi connectivity index (χ3v) is 4.03. The summed E-state index contributed by atoms with van der Waals surface area (Å²) in [5.74, 6) is -0.413. The molecule has 0 fully saturated rings. The molecule has 1 aromatic heterocycles. The number of ketones is 1. The zero-order chi connectivity index (χ0) is 17.1. The number of carbonyl (C=O) groups excluding carboxylic acids is 2. The fourth-order valence-corrected chi connectivity index (χ4v) is 2.95. The predicted molar refractivity (Wildman–Crippen MR) is 93.8 cm³/mol. The zero-order valence-corrected chi connectivity index (χ0v) is 14.1. The summed E-state index contributed by atoms with van der Waals surface area (Å²) in [6.45, 7) is 10.3. The van der Waals surface area contributed by atoms with Crippen LogP contribution in [-0.4, -0.2) is 16.3 Å². The van der Waals surface area contributed by atoms with Crippen LogP contribution < -0.4 is 5.73 Å². The Morgan fingerprint density at radius 2 is 2.04 bits per heavy atom. The number of rotatable bonds is 7. The van der Waals surface area contributed by atoms with E-state index in [2.05, 4.69) is 18.1 Å². The Morgan fingerprint density at radius 1 is 1.35 bits per heavy atom. The second-order valence-electron chi connectivity index (χ2n) is 6.09. The van der Waals surface area contributed by atoms with Gasteiger partial charge in [0.15, 0.2) is 5.78 Å². The zero-order valence-electron chi connectivity index (χ0n) is 14.1. The van der Waals surface area contributed by atoms with Crippen LogP contribution in [0, 0.1) is 5.92 Å². The van der Waals surface area contributed by atoms with Gasteiger partial charge in [-0.3, -0.25) is 9.59 Å². The van der Waals surface area contributed by atoms with Crippen molar-refractivity contribution in [1.29, 1.82) is 0 Å². The number of fused-ring (bicyclic) bond motifs is 1. The molecule has 0 saturated carbocycles. The molecule has 0 aliphatic carbocycles. The van der Waals surface area contributed by atoms with Gasteiger partial charge in [0.25, 0.3) is 0 Å². The Kier molecular flexibility index (Phi) is 5.04. The number of hydrogen-bond acceptors (Lipinski definition) is 2. The second-order valence-corrected chi connectivity index (χ2v) is 6.09. The molecule has 0 radical (unpaired) electrons. The average Bonchev–Trinajstić information content (AvgIpc) is 2.80. The summed E-state index contributed by atoms with van der Waals surface area (Å²) in [4.78, 5) is 24.3. The van der Waals surface area contributed by atoms with Crippen molar-refractivity contribution >= 4 is 22.6 Å². The number of benzene rings is 1. The van der Waals surface area contributed by atoms with Crippen LogP contribution >= 0.6 is 0 Å². The minimum Gasteiger partial charge on any atom is -0.366 e. The van der Waals surface area contributed by atoms with E-state index in [1.165, 1.54) is 0 Å². The van der Waals surface area contributed by atoms with E-state index >= 15 is 0 Å². The minimum absolute atomic E-state index is 0.0794. The van der Waals surface area contributed by atoms with Crippen molar-refractivity contribution in [2.45, 2.75) is 40.2 Å². The number of nitrogens with two attached hydrogens (primary N) is 1. The standard InChI is InChI=1S/C19H24N2O2/c1-5-7-15-17(18(22)12(3)4)14-9-8-13(19(20)23)11-16(14)21(15)10-6-2/h6,8-9,11-12H,2,5,7,10H2,1,3-4H3,(H2,20,23). The van der Waals surface area contributed by atoms with Crippen molar-refractivity contribution in [3.63, 3.8) is 0 Å². The summed E-state index contributed by atoms with van der Waals surface area (Å²) in [7, 11) is 0. The highest BCUT2D eigenvalue weighted by atomic mass is 16.1. The normalized spacial score (nSPS) is 11.1. The Balaban J connectivity index is 2.85. The molecule has 0 saturated heterocycles. The van der Waals surface area contributed by atoms with E-state index in [0.29, 0.717) is 12.1 Å². The highest BCUT2D eigenvalue weighted by Crippen LogP contribution is 2.30. The number of nitrogens with zero attached hydrogens (tertiary/aromatic N) is 1. The molecule has 4 heteroatoms. The first-order valence-corrected chi connectivity index (χ1v) is 8.02. The van der Waals surface area contributed by atoms with Crippen molar-refractivity contribution < 1.29 is 9.59 Å². The van der Waals surface area contributed by atoms with Crippen LogP contribution in [0.15, 0.2) is 30.9 Å². The molecule has 2 aromatic rings. The molecule has 0 unspecified atom stereocenters. The monoisotopic (exact) mass is 312 g/mol. The molecule has 2 N–H and O–H groups in total. The summed E-state index contributed by atoms with van der Waals surface area (Å²) in [5, 5.41) is 0.888. The summed E-state index contributed by atoms with van der Waals surface area (Å²) in [6, 6.07) is 5.30. The van der Waals surface area contributed by atoms with E-state index in [1.807, 2.05) is 19.9 Å². The van der Waals surface area contributed by atoms with E-state index in [-0.39, 0.29) is 11.7 Å². The summed E-state index contributed by atoms with van der Waals surface area (Å²) >= 11 is 0. The Bertz CT molecular complexity index is 769. The largest absolute Gasteiger partial charge is 0.366 e. The van der Waals surface area contributed by atoms with Crippen LogP contribution in [0.3, 0.4) is 0 Å². The van der Waals surface area contributed by atoms with Gasteiger partial charge < -0.3 is 10.3 Å². The van der Waals surface area contributed by atoms with E-state index in [4.69, 9.17) is 5.73 Å². The van der Waals surface area contributed by atoms with Gasteiger partial charge in [-0.25, -0.2) is 0 Å². The third kappa shape index (κ3) is 3.07. The SMILES string of the molecule is C=CCn1c(CCC)c(C(=O)C(C)C)c2ccc(C(N)=O)cc21. The fourth-order valence-electron chi connectivity index (χ4n) is 2.95. The Hall–Kier alpha value is -2.36. The number of amides is 1. The molecule has 4 nitrogen and oxygen atoms in total. The molecule has 2 rings (SSSR count). The van der Waals surface area contributed by atoms with E-state index < -0.39 is 5.91 Å². The summed E-state index contributed by atoms with van der Waals surface area (Å²) in [5.41, 5.74) is 8.51. The number of carbonyl (C=O) groups is 2. The van der Waals surface area contributed by atoms with Crippen LogP contribution in [0.5, 0.6) is 0 Å². The summed E-state index contributed by atoms with van der Waals surface area (Å²) < 4.78 is 2.08. The maximum Gasteiger partial charge on any atom is 0.248 e. The first kappa shape index (κ1) is 17.0. The lowest BCUT2D eigenvalue weighted by molar-refractivity contribution is 0.0939. The lowest BCUT2D eigenvalue weighted by Gasteiger charge is -2.10. The smallest absolute Gasteiger partial charge is 0.248 e. The molecular weight excluding hydrogens is 288 g/mol. The fraction of sp³-hybridized carbons (Fsp3) is 0.368. The van der Waals surface area contributed by atoms with Crippen LogP contribution in [0.4, 0.5) is 0 Å². The minimum atomic E-state index is -0.466. The molecule has 0 atom stereocenters. The number of hydrogen-bond donors (Lipinski definition) is 1. The van der Waals surface area contributed by atoms with Gasteiger partial charge >= 0.3 is 0 Å². The third-order valence-electron chi connectivity index (χ3n) is 4.03. The van der Waals surface area contributed by atoms with Gasteiger partial charge in [0.1, 0.15) is 0 Å². The van der Waals surface area contributed by atoms with Crippen molar-refractivity contribution in [2.75, 3.05) is 0 Å². The molecule has 0 spiro atoms. The average molecular weight is 312 g/mol. The van der Waals surface area contributed by atoms with Gasteiger partial charge in [0, 0.05) is 34.7 Å². The van der Waals surface area contributed by atoms with Gasteiger partial charge in [-0.05, 0) is 18.6 Å². The van der Waals surface area contributed by atoms with Crippen molar-refractivity contribution in [1.82, 2.24) is 4.57 Å². The number of allylic oxidation sites excluding steroid dienone is 1. The molecule has 1 amide bonds. The number of Topliss-reactive ketones (excluding diaryl/α,β-unsaturated/α-hetero) is 1. The quantitative estimate of drug-likeness (QED) is 0.625. The maximum atomic E-state index is 12.8. The molecule has 23 heavy (non-hydrogen) atoms. The molecule has 1 heterocycles. The predicted octanol–water partition coefficient (Wildman–Crippen LogP) is 3.72. The van der Waals surface area contributed by atoms with Crippen molar-refractivity contribution in [2.24, 2.45) is 11.7 Å². The van der Waals surface area contributed by atoms with Crippen LogP contribution in [-0.2, 0) is 13.0 Å².